The van der Waals surface area contributed by atoms with Crippen molar-refractivity contribution in [3.8, 4) is 5.69 Å². The Labute approximate surface area is 182 Å². The molecule has 0 unspecified atom stereocenters. The molecule has 0 N–H and O–H groups in total. The maximum Gasteiger partial charge on any atom is 0.227 e. The van der Waals surface area contributed by atoms with Gasteiger partial charge in [0.1, 0.15) is 17.4 Å². The third-order valence-corrected chi connectivity index (χ3v) is 5.57. The van der Waals surface area contributed by atoms with Gasteiger partial charge < -0.3 is 4.90 Å². The Bertz CT molecular complexity index is 1230. The van der Waals surface area contributed by atoms with E-state index >= 15 is 0 Å². The molecule has 1 fully saturated rings. The van der Waals surface area contributed by atoms with Gasteiger partial charge in [0, 0.05) is 31.7 Å². The van der Waals surface area contributed by atoms with Crippen LogP contribution < -0.4 is 0 Å². The van der Waals surface area contributed by atoms with E-state index in [-0.39, 0.29) is 11.7 Å². The minimum Gasteiger partial charge on any atom is -0.340 e. The molecule has 4 aromatic rings. The van der Waals surface area contributed by atoms with Gasteiger partial charge in [-0.3, -0.25) is 14.5 Å². The summed E-state index contributed by atoms with van der Waals surface area (Å²) in [7, 11) is 0. The summed E-state index contributed by atoms with van der Waals surface area (Å²) in [4.78, 5) is 29.3. The lowest BCUT2D eigenvalue weighted by Crippen LogP contribution is -2.50. The number of carbonyl (C=O) groups is 2. The zero-order chi connectivity index (χ0) is 21.9. The molecule has 162 valence electrons. The Morgan fingerprint density at radius 3 is 2.47 bits per heavy atom. The van der Waals surface area contributed by atoms with Gasteiger partial charge in [-0.05, 0) is 56.6 Å². The van der Waals surface area contributed by atoms with Crippen LogP contribution in [0.1, 0.15) is 15.9 Å². The molecule has 0 saturated carbocycles. The summed E-state index contributed by atoms with van der Waals surface area (Å²) >= 11 is 0. The molecule has 1 saturated heterocycles. The molecule has 0 atom stereocenters. The van der Waals surface area contributed by atoms with Gasteiger partial charge in [-0.1, -0.05) is 12.1 Å². The van der Waals surface area contributed by atoms with Crippen molar-refractivity contribution in [2.75, 3.05) is 32.7 Å². The van der Waals surface area contributed by atoms with Crippen molar-refractivity contribution in [1.29, 1.82) is 0 Å². The second-order valence-electron chi connectivity index (χ2n) is 7.65. The highest BCUT2D eigenvalue weighted by Crippen LogP contribution is 2.14. The molecule has 3 heterocycles. The van der Waals surface area contributed by atoms with Crippen LogP contribution in [0.5, 0.6) is 0 Å². The molecule has 0 radical (unpaired) electrons. The quantitative estimate of drug-likeness (QED) is 0.406. The van der Waals surface area contributed by atoms with Gasteiger partial charge in [0.15, 0.2) is 5.78 Å². The molecule has 11 heteroatoms. The topological polar surface area (TPSA) is 123 Å². The van der Waals surface area contributed by atoms with Crippen LogP contribution in [-0.2, 0) is 11.2 Å². The van der Waals surface area contributed by atoms with Crippen LogP contribution in [0.15, 0.2) is 53.4 Å². The van der Waals surface area contributed by atoms with Gasteiger partial charge in [0.05, 0.1) is 18.7 Å². The van der Waals surface area contributed by atoms with E-state index in [9.17, 15) is 9.59 Å². The van der Waals surface area contributed by atoms with Crippen molar-refractivity contribution in [3.63, 3.8) is 0 Å². The molecule has 5 rings (SSSR count). The molecule has 1 aliphatic rings. The van der Waals surface area contributed by atoms with Gasteiger partial charge >= 0.3 is 0 Å². The van der Waals surface area contributed by atoms with Crippen LogP contribution in [-0.4, -0.2) is 84.7 Å². The smallest absolute Gasteiger partial charge is 0.227 e. The lowest BCUT2D eigenvalue weighted by molar-refractivity contribution is -0.132. The number of ketones is 1. The van der Waals surface area contributed by atoms with E-state index in [1.165, 1.54) is 6.33 Å². The van der Waals surface area contributed by atoms with Crippen molar-refractivity contribution in [1.82, 2.24) is 40.3 Å². The number of aromatic nitrogens is 6. The molecular formula is C21H20N8O3. The predicted molar refractivity (Wildman–Crippen MR) is 112 cm³/mol. The average Bonchev–Trinajstić information content (AvgIpc) is 3.52. The summed E-state index contributed by atoms with van der Waals surface area (Å²) in [5.41, 5.74) is 3.54. The van der Waals surface area contributed by atoms with Gasteiger partial charge in [0.2, 0.25) is 5.91 Å². The number of benzene rings is 2. The Morgan fingerprint density at radius 1 is 0.938 bits per heavy atom. The fourth-order valence-electron chi connectivity index (χ4n) is 3.74. The molecule has 11 nitrogen and oxygen atoms in total. The van der Waals surface area contributed by atoms with Crippen molar-refractivity contribution >= 4 is 22.7 Å². The molecule has 2 aromatic heterocycles. The molecule has 0 bridgehead atoms. The van der Waals surface area contributed by atoms with Crippen LogP contribution in [0.2, 0.25) is 0 Å². The van der Waals surface area contributed by atoms with Crippen LogP contribution in [0.4, 0.5) is 0 Å². The normalized spacial score (nSPS) is 14.7. The zero-order valence-corrected chi connectivity index (χ0v) is 17.2. The fraction of sp³-hybridized carbons (Fsp3) is 0.286. The standard InChI is InChI=1S/C21H20N8O3/c30-20(16-3-6-18-19(12-16)24-32-23-18)13-27-7-9-28(10-8-27)21(31)11-15-1-4-17(5-2-15)29-14-22-25-26-29/h1-6,12,14H,7-11,13H2. The molecule has 1 amide bonds. The Hall–Kier alpha value is -3.99. The molecule has 1 aliphatic heterocycles. The number of tetrazole rings is 1. The highest BCUT2D eigenvalue weighted by Gasteiger charge is 2.23. The minimum atomic E-state index is 0.0114. The van der Waals surface area contributed by atoms with E-state index in [4.69, 9.17) is 0 Å². The van der Waals surface area contributed by atoms with Gasteiger partial charge in [-0.25, -0.2) is 9.31 Å². The molecule has 0 aliphatic carbocycles. The first kappa shape index (κ1) is 19.9. The number of hydrogen-bond donors (Lipinski definition) is 0. The fourth-order valence-corrected chi connectivity index (χ4v) is 3.74. The summed E-state index contributed by atoms with van der Waals surface area (Å²) in [5, 5.41) is 18.6. The monoisotopic (exact) mass is 432 g/mol. The Balaban J connectivity index is 1.12. The highest BCUT2D eigenvalue weighted by molar-refractivity contribution is 6.00. The summed E-state index contributed by atoms with van der Waals surface area (Å²) < 4.78 is 6.24. The lowest BCUT2D eigenvalue weighted by Gasteiger charge is -2.34. The van der Waals surface area contributed by atoms with Crippen LogP contribution >= 0.6 is 0 Å². The zero-order valence-electron chi connectivity index (χ0n) is 17.2. The number of Topliss-reactive ketones (excluding diaryl/α,β-unsaturated/α-hetero) is 1. The average molecular weight is 432 g/mol. The number of amides is 1. The molecule has 32 heavy (non-hydrogen) atoms. The second-order valence-corrected chi connectivity index (χ2v) is 7.65. The van der Waals surface area contributed by atoms with E-state index in [2.05, 4.69) is 35.4 Å². The number of rotatable bonds is 6. The van der Waals surface area contributed by atoms with Crippen molar-refractivity contribution in [2.24, 2.45) is 0 Å². The third kappa shape index (κ3) is 4.23. The highest BCUT2D eigenvalue weighted by atomic mass is 16.6. The molecule has 0 spiro atoms. The van der Waals surface area contributed by atoms with E-state index < -0.39 is 0 Å². The Kier molecular flexibility index (Phi) is 5.38. The first-order chi connectivity index (χ1) is 15.7. The SMILES string of the molecule is O=C(CN1CCN(C(=O)Cc2ccc(-n3cnnn3)cc2)CC1)c1ccc2nonc2c1. The summed E-state index contributed by atoms with van der Waals surface area (Å²) in [6, 6.07) is 12.7. The van der Waals surface area contributed by atoms with E-state index in [0.29, 0.717) is 55.7 Å². The summed E-state index contributed by atoms with van der Waals surface area (Å²) in [6.45, 7) is 2.81. The number of nitrogens with zero attached hydrogens (tertiary/aromatic N) is 8. The summed E-state index contributed by atoms with van der Waals surface area (Å²) in [6.07, 6.45) is 1.86. The van der Waals surface area contributed by atoms with Crippen LogP contribution in [0, 0.1) is 0 Å². The van der Waals surface area contributed by atoms with Crippen molar-refractivity contribution in [3.05, 3.63) is 59.9 Å². The lowest BCUT2D eigenvalue weighted by atomic mass is 10.1. The molecular weight excluding hydrogens is 412 g/mol. The van der Waals surface area contributed by atoms with Gasteiger partial charge in [-0.15, -0.1) is 5.10 Å². The van der Waals surface area contributed by atoms with Crippen LogP contribution in [0.25, 0.3) is 16.7 Å². The number of carbonyl (C=O) groups excluding carboxylic acids is 2. The van der Waals surface area contributed by atoms with Crippen molar-refractivity contribution < 1.29 is 14.2 Å². The van der Waals surface area contributed by atoms with Gasteiger partial charge in [0.25, 0.3) is 0 Å². The largest absolute Gasteiger partial charge is 0.340 e. The maximum atomic E-state index is 12.7. The first-order valence-electron chi connectivity index (χ1n) is 10.2. The minimum absolute atomic E-state index is 0.0114. The number of hydrogen-bond acceptors (Lipinski definition) is 9. The predicted octanol–water partition coefficient (Wildman–Crippen LogP) is 0.768. The molecule has 2 aromatic carbocycles. The van der Waals surface area contributed by atoms with E-state index in [1.54, 1.807) is 22.9 Å². The van der Waals surface area contributed by atoms with E-state index in [0.717, 1.165) is 11.3 Å². The Morgan fingerprint density at radius 2 is 1.72 bits per heavy atom. The van der Waals surface area contributed by atoms with Crippen LogP contribution in [0.3, 0.4) is 0 Å². The summed E-state index contributed by atoms with van der Waals surface area (Å²) in [5.74, 6) is 0.0903. The first-order valence-corrected chi connectivity index (χ1v) is 10.2. The van der Waals surface area contributed by atoms with Crippen molar-refractivity contribution in [2.45, 2.75) is 6.42 Å². The van der Waals surface area contributed by atoms with E-state index in [1.807, 2.05) is 29.2 Å². The third-order valence-electron chi connectivity index (χ3n) is 5.57. The van der Waals surface area contributed by atoms with Gasteiger partial charge in [-0.2, -0.15) is 0 Å². The maximum absolute atomic E-state index is 12.7. The number of piperazine rings is 1. The number of fused-ring (bicyclic) bond motifs is 1. The second kappa shape index (κ2) is 8.63.